The number of methoxy groups -OCH3 is 1. The first kappa shape index (κ1) is 35.3. The fourth-order valence-electron chi connectivity index (χ4n) is 5.08. The number of amides is 2. The molecular formula is C31H34F3N8O6P. The van der Waals surface area contributed by atoms with Gasteiger partial charge in [-0.05, 0) is 49.2 Å². The van der Waals surface area contributed by atoms with E-state index in [1.807, 2.05) is 0 Å². The minimum absolute atomic E-state index is 0.0434. The van der Waals surface area contributed by atoms with Crippen LogP contribution >= 0.6 is 7.60 Å². The van der Waals surface area contributed by atoms with E-state index < -0.39 is 37.0 Å². The van der Waals surface area contributed by atoms with Crippen LogP contribution in [0.1, 0.15) is 45.4 Å². The summed E-state index contributed by atoms with van der Waals surface area (Å²) >= 11 is 0. The maximum absolute atomic E-state index is 14.1. The molecule has 8 rings (SSSR count). The van der Waals surface area contributed by atoms with Crippen LogP contribution in [0.4, 0.5) is 36.3 Å². The van der Waals surface area contributed by atoms with Crippen molar-refractivity contribution in [3.05, 3.63) is 71.3 Å². The molecule has 49 heavy (non-hydrogen) atoms. The zero-order valence-corrected chi connectivity index (χ0v) is 27.9. The van der Waals surface area contributed by atoms with E-state index in [0.717, 1.165) is 0 Å². The molecule has 0 fully saturated rings. The van der Waals surface area contributed by atoms with Crippen LogP contribution in [-0.4, -0.2) is 65.8 Å². The van der Waals surface area contributed by atoms with Crippen LogP contribution in [-0.2, 0) is 32.5 Å². The van der Waals surface area contributed by atoms with Gasteiger partial charge in [-0.3, -0.25) is 14.2 Å². The van der Waals surface area contributed by atoms with Crippen LogP contribution in [0.15, 0.2) is 48.8 Å². The maximum atomic E-state index is 14.1. The van der Waals surface area contributed by atoms with E-state index in [4.69, 9.17) is 13.8 Å². The zero-order valence-electron chi connectivity index (χ0n) is 27.0. The molecule has 3 aromatic heterocycles. The number of alkyl halides is 3. The van der Waals surface area contributed by atoms with Crippen molar-refractivity contribution in [1.82, 2.24) is 30.2 Å². The van der Waals surface area contributed by atoms with Gasteiger partial charge in [0.2, 0.25) is 5.95 Å². The Kier molecular flexibility index (Phi) is 10.6. The van der Waals surface area contributed by atoms with E-state index >= 15 is 0 Å². The van der Waals surface area contributed by atoms with Crippen LogP contribution in [0.25, 0.3) is 11.3 Å². The second-order valence-corrected chi connectivity index (χ2v) is 12.7. The molecule has 14 nitrogen and oxygen atoms in total. The van der Waals surface area contributed by atoms with Gasteiger partial charge in [0.15, 0.2) is 5.69 Å². The van der Waals surface area contributed by atoms with Crippen molar-refractivity contribution in [1.29, 1.82) is 0 Å². The Morgan fingerprint density at radius 1 is 1.06 bits per heavy atom. The summed E-state index contributed by atoms with van der Waals surface area (Å²) in [6, 6.07) is 9.26. The number of nitrogens with zero attached hydrogens (tertiary/aromatic N) is 4. The molecule has 0 saturated heterocycles. The molecule has 260 valence electrons. The fraction of sp³-hybridized carbons (Fsp3) is 0.323. The molecule has 1 aromatic carbocycles. The Bertz CT molecular complexity index is 1920. The summed E-state index contributed by atoms with van der Waals surface area (Å²) in [5.74, 6) is -1.70. The second kappa shape index (κ2) is 14.6. The number of anilines is 4. The Hall–Kier alpha value is -4.99. The number of aryl methyl sites for hydroxylation is 1. The summed E-state index contributed by atoms with van der Waals surface area (Å²) in [7, 11) is 0.581. The first-order chi connectivity index (χ1) is 23.4. The Morgan fingerprint density at radius 3 is 2.51 bits per heavy atom. The number of nitrogens with one attached hydrogen (secondary N) is 4. The zero-order chi connectivity index (χ0) is 35.3. The third-order valence-electron chi connectivity index (χ3n) is 7.38. The highest BCUT2D eigenvalue weighted by Crippen LogP contribution is 2.52. The highest BCUT2D eigenvalue weighted by molar-refractivity contribution is 7.53. The lowest BCUT2D eigenvalue weighted by Gasteiger charge is -2.20. The van der Waals surface area contributed by atoms with Gasteiger partial charge >= 0.3 is 13.8 Å². The summed E-state index contributed by atoms with van der Waals surface area (Å²) in [6.07, 6.45) is -2.34. The first-order valence-corrected chi connectivity index (χ1v) is 16.8. The number of benzene rings is 1. The standard InChI is InChI=1S/C31H34F3N8O6P/c1-5-47-49(45)17-18-7-8-22(25(13-18)46-4)40-30-37-15-20(31(32,33)34)27(41-30)39-23-10-9-21(38-26(23)29(44)36-3)19-14-24(28(43)35-2)42(16-19)11-6-12-48-49/h7-10,13-16H,5-6,11-12,17H2,1-4H3,(H,35,43)(H,36,44)(H2,37,39,40,41)/t49-/m0/s1. The molecule has 2 amide bonds. The van der Waals surface area contributed by atoms with Crippen molar-refractivity contribution < 1.29 is 41.1 Å². The summed E-state index contributed by atoms with van der Waals surface area (Å²) < 4.78 is 74.7. The summed E-state index contributed by atoms with van der Waals surface area (Å²) in [5.41, 5.74) is 0.368. The normalized spacial score (nSPS) is 16.5. The van der Waals surface area contributed by atoms with Gasteiger partial charge in [-0.15, -0.1) is 0 Å². The summed E-state index contributed by atoms with van der Waals surface area (Å²) in [6.45, 7) is 2.14. The smallest absolute Gasteiger partial charge is 0.421 e. The lowest BCUT2D eigenvalue weighted by Crippen LogP contribution is -2.21. The molecule has 0 spiro atoms. The first-order valence-electron chi connectivity index (χ1n) is 15.1. The molecule has 0 saturated carbocycles. The number of carbonyl (C=O) groups excluding carboxylic acids is 2. The SMILES string of the molecule is CCO[P@@]1(=O)Cc2ccc(c(OC)c2)Nc2ncc(C(F)(F)F)c(n2)Nc2ccc(nc2C(=O)NC)-c2cc(C(=O)NC)n(c2)CCCO1. The predicted molar refractivity (Wildman–Crippen MR) is 175 cm³/mol. The molecule has 0 aliphatic carbocycles. The second-order valence-electron chi connectivity index (χ2n) is 10.7. The minimum atomic E-state index is -4.86. The van der Waals surface area contributed by atoms with Gasteiger partial charge in [0.25, 0.3) is 11.8 Å². The number of hydrogen-bond acceptors (Lipinski definition) is 11. The average Bonchev–Trinajstić information content (AvgIpc) is 3.50. The number of aromatic nitrogens is 4. The lowest BCUT2D eigenvalue weighted by atomic mass is 10.1. The topological polar surface area (TPSA) is 171 Å². The van der Waals surface area contributed by atoms with E-state index in [1.165, 1.54) is 33.3 Å². The van der Waals surface area contributed by atoms with Gasteiger partial charge in [0.1, 0.15) is 22.8 Å². The molecule has 4 aromatic rings. The van der Waals surface area contributed by atoms with Crippen LogP contribution in [0, 0.1) is 0 Å². The molecule has 4 aliphatic rings. The van der Waals surface area contributed by atoms with Gasteiger partial charge in [-0.25, -0.2) is 9.97 Å². The van der Waals surface area contributed by atoms with Crippen molar-refractivity contribution in [3.63, 3.8) is 0 Å². The van der Waals surface area contributed by atoms with E-state index in [9.17, 15) is 27.3 Å². The highest BCUT2D eigenvalue weighted by atomic mass is 31.2. The van der Waals surface area contributed by atoms with Crippen molar-refractivity contribution in [3.8, 4) is 17.0 Å². The molecule has 7 heterocycles. The van der Waals surface area contributed by atoms with Gasteiger partial charge in [-0.1, -0.05) is 6.07 Å². The van der Waals surface area contributed by atoms with Gasteiger partial charge < -0.3 is 39.6 Å². The number of carbonyl (C=O) groups is 2. The number of ether oxygens (including phenoxy) is 1. The average molecular weight is 703 g/mol. The van der Waals surface area contributed by atoms with Crippen molar-refractivity contribution in [2.75, 3.05) is 45.1 Å². The lowest BCUT2D eigenvalue weighted by molar-refractivity contribution is -0.137. The van der Waals surface area contributed by atoms with E-state index in [1.54, 1.807) is 42.0 Å². The van der Waals surface area contributed by atoms with E-state index in [-0.39, 0.29) is 60.4 Å². The molecule has 0 unspecified atom stereocenters. The molecule has 0 radical (unpaired) electrons. The quantitative estimate of drug-likeness (QED) is 0.188. The predicted octanol–water partition coefficient (Wildman–Crippen LogP) is 5.72. The highest BCUT2D eigenvalue weighted by Gasteiger charge is 2.36. The maximum Gasteiger partial charge on any atom is 0.421 e. The third kappa shape index (κ3) is 8.01. The van der Waals surface area contributed by atoms with Gasteiger partial charge in [0.05, 0.1) is 43.6 Å². The molecule has 8 bridgehead atoms. The largest absolute Gasteiger partial charge is 0.495 e. The van der Waals surface area contributed by atoms with Crippen LogP contribution in [0.2, 0.25) is 0 Å². The number of halogens is 3. The minimum Gasteiger partial charge on any atom is -0.495 e. The van der Waals surface area contributed by atoms with Gasteiger partial charge in [-0.2, -0.15) is 18.2 Å². The summed E-state index contributed by atoms with van der Waals surface area (Å²) in [4.78, 5) is 38.2. The third-order valence-corrected chi connectivity index (χ3v) is 9.36. The Balaban J connectivity index is 1.67. The monoisotopic (exact) mass is 702 g/mol. The van der Waals surface area contributed by atoms with Crippen molar-refractivity contribution in [2.24, 2.45) is 0 Å². The van der Waals surface area contributed by atoms with E-state index in [0.29, 0.717) is 29.4 Å². The van der Waals surface area contributed by atoms with Crippen LogP contribution in [0.5, 0.6) is 5.75 Å². The number of hydrogen-bond donors (Lipinski definition) is 4. The number of pyridine rings is 1. The molecule has 4 aliphatic heterocycles. The van der Waals surface area contributed by atoms with Crippen molar-refractivity contribution in [2.45, 2.75) is 32.2 Å². The van der Waals surface area contributed by atoms with Crippen molar-refractivity contribution >= 4 is 42.6 Å². The Labute approximate surface area is 279 Å². The molecule has 18 heteroatoms. The van der Waals surface area contributed by atoms with Crippen LogP contribution < -0.4 is 26.0 Å². The van der Waals surface area contributed by atoms with E-state index in [2.05, 4.69) is 36.2 Å². The van der Waals surface area contributed by atoms with Crippen LogP contribution in [0.3, 0.4) is 0 Å². The fourth-order valence-corrected chi connectivity index (χ4v) is 6.79. The number of rotatable bonds is 5. The molecule has 1 atom stereocenters. The molecule has 4 N–H and O–H groups in total. The van der Waals surface area contributed by atoms with Gasteiger partial charge in [0, 0.05) is 38.6 Å². The summed E-state index contributed by atoms with van der Waals surface area (Å²) in [5, 5.41) is 10.5. The molecular weight excluding hydrogens is 668 g/mol. The Morgan fingerprint density at radius 2 is 1.82 bits per heavy atom.